The van der Waals surface area contributed by atoms with Crippen molar-refractivity contribution >= 4 is 23.0 Å². The quantitative estimate of drug-likeness (QED) is 0.421. The second kappa shape index (κ2) is 7.44. The highest BCUT2D eigenvalue weighted by atomic mass is 16.2. The lowest BCUT2D eigenvalue weighted by atomic mass is 10.0. The van der Waals surface area contributed by atoms with E-state index >= 15 is 0 Å². The SMILES string of the molecule is Cc1cc(C=NNC(=O)c2cc(-c3ccncc3)nc3ccccc23)c(C)[nH]1. The summed E-state index contributed by atoms with van der Waals surface area (Å²) in [5.41, 5.74) is 8.52. The van der Waals surface area contributed by atoms with Crippen LogP contribution in [0.2, 0.25) is 0 Å². The van der Waals surface area contributed by atoms with Crippen LogP contribution in [-0.2, 0) is 0 Å². The molecule has 2 N–H and O–H groups in total. The number of amides is 1. The molecule has 3 aromatic heterocycles. The molecule has 6 nitrogen and oxygen atoms in total. The molecule has 0 fully saturated rings. The summed E-state index contributed by atoms with van der Waals surface area (Å²) in [6.45, 7) is 3.94. The Morgan fingerprint density at radius 1 is 1.11 bits per heavy atom. The van der Waals surface area contributed by atoms with Gasteiger partial charge in [0.1, 0.15) is 0 Å². The minimum Gasteiger partial charge on any atom is -0.362 e. The van der Waals surface area contributed by atoms with Gasteiger partial charge in [-0.1, -0.05) is 18.2 Å². The van der Waals surface area contributed by atoms with E-state index in [9.17, 15) is 4.79 Å². The number of fused-ring (bicyclic) bond motifs is 1. The van der Waals surface area contributed by atoms with E-state index < -0.39 is 0 Å². The number of hydrazone groups is 1. The van der Waals surface area contributed by atoms with Crippen LogP contribution in [0.1, 0.15) is 27.3 Å². The maximum atomic E-state index is 12.8. The minimum atomic E-state index is -0.282. The minimum absolute atomic E-state index is 0.282. The van der Waals surface area contributed by atoms with E-state index in [1.54, 1.807) is 24.7 Å². The Hall–Kier alpha value is -3.80. The molecule has 0 unspecified atom stereocenters. The fraction of sp³-hybridized carbons (Fsp3) is 0.0909. The van der Waals surface area contributed by atoms with Gasteiger partial charge in [0, 0.05) is 40.3 Å². The van der Waals surface area contributed by atoms with Crippen molar-refractivity contribution in [1.82, 2.24) is 20.4 Å². The lowest BCUT2D eigenvalue weighted by Gasteiger charge is -2.08. The molecule has 28 heavy (non-hydrogen) atoms. The number of nitrogens with zero attached hydrogens (tertiary/aromatic N) is 3. The van der Waals surface area contributed by atoms with E-state index in [1.807, 2.05) is 56.3 Å². The Labute approximate surface area is 162 Å². The number of H-pyrrole nitrogens is 1. The molecule has 3 heterocycles. The van der Waals surface area contributed by atoms with Crippen LogP contribution in [0.5, 0.6) is 0 Å². The van der Waals surface area contributed by atoms with Gasteiger partial charge < -0.3 is 4.98 Å². The lowest BCUT2D eigenvalue weighted by molar-refractivity contribution is 0.0956. The van der Waals surface area contributed by atoms with Gasteiger partial charge in [-0.15, -0.1) is 0 Å². The summed E-state index contributed by atoms with van der Waals surface area (Å²) in [5.74, 6) is -0.282. The number of aromatic amines is 1. The molecule has 0 spiro atoms. The summed E-state index contributed by atoms with van der Waals surface area (Å²) in [7, 11) is 0. The van der Waals surface area contributed by atoms with Crippen molar-refractivity contribution < 1.29 is 4.79 Å². The number of carbonyl (C=O) groups excluding carboxylic acids is 1. The summed E-state index contributed by atoms with van der Waals surface area (Å²) in [5, 5.41) is 4.91. The van der Waals surface area contributed by atoms with Gasteiger partial charge in [0.05, 0.1) is 23.0 Å². The van der Waals surface area contributed by atoms with E-state index in [-0.39, 0.29) is 5.91 Å². The van der Waals surface area contributed by atoms with Crippen LogP contribution in [0.15, 0.2) is 66.0 Å². The van der Waals surface area contributed by atoms with E-state index in [4.69, 9.17) is 0 Å². The zero-order valence-corrected chi connectivity index (χ0v) is 15.6. The van der Waals surface area contributed by atoms with Crippen LogP contribution in [0.25, 0.3) is 22.2 Å². The molecular weight excluding hydrogens is 350 g/mol. The first-order chi connectivity index (χ1) is 13.6. The van der Waals surface area contributed by atoms with Gasteiger partial charge >= 0.3 is 0 Å². The first-order valence-corrected chi connectivity index (χ1v) is 8.91. The Kier molecular flexibility index (Phi) is 4.68. The van der Waals surface area contributed by atoms with Crippen molar-refractivity contribution in [2.24, 2.45) is 5.10 Å². The predicted octanol–water partition coefficient (Wildman–Crippen LogP) is 4.01. The smallest absolute Gasteiger partial charge is 0.272 e. The monoisotopic (exact) mass is 369 g/mol. The Balaban J connectivity index is 1.68. The highest BCUT2D eigenvalue weighted by molar-refractivity contribution is 6.07. The average molecular weight is 369 g/mol. The van der Waals surface area contributed by atoms with Gasteiger partial charge in [-0.25, -0.2) is 10.4 Å². The van der Waals surface area contributed by atoms with Crippen molar-refractivity contribution in [2.45, 2.75) is 13.8 Å². The van der Waals surface area contributed by atoms with Crippen LogP contribution in [0.3, 0.4) is 0 Å². The number of para-hydroxylation sites is 1. The van der Waals surface area contributed by atoms with E-state index in [2.05, 4.69) is 25.5 Å². The number of nitrogens with one attached hydrogen (secondary N) is 2. The molecule has 138 valence electrons. The summed E-state index contributed by atoms with van der Waals surface area (Å²) >= 11 is 0. The molecule has 0 radical (unpaired) electrons. The molecule has 0 bridgehead atoms. The van der Waals surface area contributed by atoms with Gasteiger partial charge in [0.2, 0.25) is 0 Å². The van der Waals surface area contributed by atoms with Gasteiger partial charge in [-0.2, -0.15) is 5.10 Å². The summed E-state index contributed by atoms with van der Waals surface area (Å²) in [6, 6.07) is 15.1. The van der Waals surface area contributed by atoms with Gasteiger partial charge in [0.25, 0.3) is 5.91 Å². The van der Waals surface area contributed by atoms with Crippen LogP contribution < -0.4 is 5.43 Å². The van der Waals surface area contributed by atoms with Crippen LogP contribution in [0, 0.1) is 13.8 Å². The van der Waals surface area contributed by atoms with Gasteiger partial charge in [-0.3, -0.25) is 9.78 Å². The first-order valence-electron chi connectivity index (χ1n) is 8.91. The molecule has 0 saturated heterocycles. The number of hydrogen-bond donors (Lipinski definition) is 2. The summed E-state index contributed by atoms with van der Waals surface area (Å²) < 4.78 is 0. The third kappa shape index (κ3) is 3.53. The molecular formula is C22H19N5O. The molecule has 4 rings (SSSR count). The van der Waals surface area contributed by atoms with Crippen molar-refractivity contribution in [3.8, 4) is 11.3 Å². The molecule has 0 atom stereocenters. The molecule has 0 aliphatic rings. The molecule has 6 heteroatoms. The van der Waals surface area contributed by atoms with Crippen molar-refractivity contribution in [2.75, 3.05) is 0 Å². The number of aryl methyl sites for hydroxylation is 2. The first kappa shape index (κ1) is 17.6. The van der Waals surface area contributed by atoms with Crippen LogP contribution in [0.4, 0.5) is 0 Å². The molecule has 4 aromatic rings. The number of benzene rings is 1. The largest absolute Gasteiger partial charge is 0.362 e. The number of aromatic nitrogens is 3. The third-order valence-corrected chi connectivity index (χ3v) is 4.50. The topological polar surface area (TPSA) is 83.0 Å². The predicted molar refractivity (Wildman–Crippen MR) is 110 cm³/mol. The molecule has 0 saturated carbocycles. The number of hydrogen-bond acceptors (Lipinski definition) is 4. The number of rotatable bonds is 4. The lowest BCUT2D eigenvalue weighted by Crippen LogP contribution is -2.18. The molecule has 0 aliphatic carbocycles. The van der Waals surface area contributed by atoms with Crippen molar-refractivity contribution in [3.63, 3.8) is 0 Å². The third-order valence-electron chi connectivity index (χ3n) is 4.50. The number of pyridine rings is 2. The Bertz CT molecular complexity index is 1180. The normalized spacial score (nSPS) is 11.2. The van der Waals surface area contributed by atoms with Crippen molar-refractivity contribution in [3.05, 3.63) is 83.4 Å². The van der Waals surface area contributed by atoms with E-state index in [0.717, 1.165) is 33.4 Å². The van der Waals surface area contributed by atoms with E-state index in [1.165, 1.54) is 0 Å². The highest BCUT2D eigenvalue weighted by Crippen LogP contribution is 2.24. The maximum Gasteiger partial charge on any atom is 0.272 e. The molecule has 1 aromatic carbocycles. The molecule has 0 aliphatic heterocycles. The summed E-state index contributed by atoms with van der Waals surface area (Å²) in [4.78, 5) is 24.8. The second-order valence-electron chi connectivity index (χ2n) is 6.54. The zero-order valence-electron chi connectivity index (χ0n) is 15.6. The Morgan fingerprint density at radius 3 is 2.64 bits per heavy atom. The molecule has 1 amide bonds. The van der Waals surface area contributed by atoms with Crippen molar-refractivity contribution in [1.29, 1.82) is 0 Å². The van der Waals surface area contributed by atoms with E-state index in [0.29, 0.717) is 11.3 Å². The highest BCUT2D eigenvalue weighted by Gasteiger charge is 2.13. The standard InChI is InChI=1S/C22H19N5O/c1-14-11-17(15(2)25-14)13-24-27-22(28)19-12-21(16-7-9-23-10-8-16)26-20-6-4-3-5-18(19)20/h3-13,25H,1-2H3,(H,27,28). The Morgan fingerprint density at radius 2 is 1.89 bits per heavy atom. The second-order valence-corrected chi connectivity index (χ2v) is 6.54. The maximum absolute atomic E-state index is 12.8. The fourth-order valence-electron chi connectivity index (χ4n) is 3.13. The van der Waals surface area contributed by atoms with Crippen LogP contribution in [-0.4, -0.2) is 27.1 Å². The van der Waals surface area contributed by atoms with Gasteiger partial charge in [-0.05, 0) is 44.2 Å². The zero-order chi connectivity index (χ0) is 19.5. The summed E-state index contributed by atoms with van der Waals surface area (Å²) in [6.07, 6.45) is 5.05. The van der Waals surface area contributed by atoms with Crippen LogP contribution >= 0.6 is 0 Å². The fourth-order valence-corrected chi connectivity index (χ4v) is 3.13. The number of carbonyl (C=O) groups is 1. The average Bonchev–Trinajstić information content (AvgIpc) is 3.04. The van der Waals surface area contributed by atoms with Gasteiger partial charge in [0.15, 0.2) is 0 Å².